The Kier molecular flexibility index (Phi) is 6.67. The van der Waals surface area contributed by atoms with Crippen LogP contribution in [0.15, 0.2) is 35.7 Å². The fourth-order valence-corrected chi connectivity index (χ4v) is 4.41. The molecule has 5 nitrogen and oxygen atoms in total. The second-order valence-electron chi connectivity index (χ2n) is 6.86. The van der Waals surface area contributed by atoms with Gasteiger partial charge in [0.2, 0.25) is 11.8 Å². The summed E-state index contributed by atoms with van der Waals surface area (Å²) in [5.41, 5.74) is 1.07. The standard InChI is InChI=1S/C21H25FN2O3S/c1-3-9-23(15(2)25)13-21(26)24-10-7-20-18(8-11-28-20)19(24)14-27-17-6-4-5-16(22)12-17/h4-6,8,11-12,19H,3,7,9-10,13-14H2,1-2H3. The van der Waals surface area contributed by atoms with Gasteiger partial charge in [-0.3, -0.25) is 9.59 Å². The monoisotopic (exact) mass is 404 g/mol. The first-order valence-corrected chi connectivity index (χ1v) is 10.4. The molecule has 0 saturated heterocycles. The number of amides is 2. The summed E-state index contributed by atoms with van der Waals surface area (Å²) >= 11 is 1.68. The third-order valence-corrected chi connectivity index (χ3v) is 5.88. The molecule has 0 spiro atoms. The average molecular weight is 405 g/mol. The summed E-state index contributed by atoms with van der Waals surface area (Å²) < 4.78 is 19.3. The molecule has 3 rings (SSSR count). The van der Waals surface area contributed by atoms with Gasteiger partial charge >= 0.3 is 0 Å². The molecule has 2 aromatic rings. The predicted molar refractivity (Wildman–Crippen MR) is 107 cm³/mol. The normalized spacial score (nSPS) is 15.8. The molecule has 7 heteroatoms. The highest BCUT2D eigenvalue weighted by Crippen LogP contribution is 2.34. The van der Waals surface area contributed by atoms with Crippen molar-refractivity contribution in [2.45, 2.75) is 32.7 Å². The number of carbonyl (C=O) groups is 2. The number of rotatable bonds is 7. The lowest BCUT2D eigenvalue weighted by Crippen LogP contribution is -2.47. The summed E-state index contributed by atoms with van der Waals surface area (Å²) in [5, 5.41) is 2.02. The van der Waals surface area contributed by atoms with Gasteiger partial charge in [-0.25, -0.2) is 4.39 Å². The molecule has 0 aliphatic carbocycles. The molecule has 0 bridgehead atoms. The SMILES string of the molecule is CCCN(CC(=O)N1CCc2sccc2C1COc1cccc(F)c1)C(C)=O. The maximum Gasteiger partial charge on any atom is 0.242 e. The van der Waals surface area contributed by atoms with E-state index in [1.807, 2.05) is 18.4 Å². The lowest BCUT2D eigenvalue weighted by molar-refractivity contribution is -0.141. The summed E-state index contributed by atoms with van der Waals surface area (Å²) in [6.45, 7) is 4.92. The number of halogens is 1. The summed E-state index contributed by atoms with van der Waals surface area (Å²) in [6.07, 6.45) is 1.59. The van der Waals surface area contributed by atoms with Crippen molar-refractivity contribution in [1.82, 2.24) is 9.80 Å². The van der Waals surface area contributed by atoms with Crippen LogP contribution in [0.3, 0.4) is 0 Å². The van der Waals surface area contributed by atoms with Crippen LogP contribution < -0.4 is 4.74 Å². The van der Waals surface area contributed by atoms with Crippen molar-refractivity contribution in [2.75, 3.05) is 26.2 Å². The van der Waals surface area contributed by atoms with E-state index >= 15 is 0 Å². The topological polar surface area (TPSA) is 49.9 Å². The highest BCUT2D eigenvalue weighted by Gasteiger charge is 2.33. The molecule has 1 aromatic heterocycles. The van der Waals surface area contributed by atoms with E-state index < -0.39 is 0 Å². The summed E-state index contributed by atoms with van der Waals surface area (Å²) in [5.74, 6) is -0.114. The Morgan fingerprint density at radius 2 is 2.18 bits per heavy atom. The van der Waals surface area contributed by atoms with Crippen LogP contribution in [0.5, 0.6) is 5.75 Å². The fourth-order valence-electron chi connectivity index (χ4n) is 3.48. The Morgan fingerprint density at radius 1 is 1.36 bits per heavy atom. The Labute approximate surface area is 168 Å². The second-order valence-corrected chi connectivity index (χ2v) is 7.86. The second kappa shape index (κ2) is 9.19. The number of benzene rings is 1. The van der Waals surface area contributed by atoms with E-state index in [-0.39, 0.29) is 36.8 Å². The molecule has 2 heterocycles. The van der Waals surface area contributed by atoms with Crippen LogP contribution in [-0.2, 0) is 16.0 Å². The van der Waals surface area contributed by atoms with Crippen LogP contribution in [0.2, 0.25) is 0 Å². The van der Waals surface area contributed by atoms with Gasteiger partial charge in [0.15, 0.2) is 0 Å². The first kappa shape index (κ1) is 20.3. The molecule has 0 N–H and O–H groups in total. The molecule has 0 saturated carbocycles. The largest absolute Gasteiger partial charge is 0.491 e. The Bertz CT molecular complexity index is 839. The minimum atomic E-state index is -0.359. The lowest BCUT2D eigenvalue weighted by Gasteiger charge is -2.37. The third kappa shape index (κ3) is 4.70. The van der Waals surface area contributed by atoms with Gasteiger partial charge in [0.25, 0.3) is 0 Å². The average Bonchev–Trinajstić information content (AvgIpc) is 3.14. The van der Waals surface area contributed by atoms with Crippen molar-refractivity contribution < 1.29 is 18.7 Å². The highest BCUT2D eigenvalue weighted by atomic mass is 32.1. The molecule has 0 fully saturated rings. The molecule has 1 aromatic carbocycles. The molecule has 1 aliphatic rings. The number of thiophene rings is 1. The molecule has 1 atom stereocenters. The number of carbonyl (C=O) groups excluding carboxylic acids is 2. The number of fused-ring (bicyclic) bond motifs is 1. The van der Waals surface area contributed by atoms with Crippen molar-refractivity contribution in [3.8, 4) is 5.75 Å². The van der Waals surface area contributed by atoms with Gasteiger partial charge in [-0.05, 0) is 42.0 Å². The lowest BCUT2D eigenvalue weighted by atomic mass is 10.0. The van der Waals surface area contributed by atoms with Gasteiger partial charge in [0.05, 0.1) is 12.6 Å². The smallest absolute Gasteiger partial charge is 0.242 e. The number of ether oxygens (including phenoxy) is 1. The van der Waals surface area contributed by atoms with Gasteiger partial charge in [-0.1, -0.05) is 13.0 Å². The van der Waals surface area contributed by atoms with Crippen molar-refractivity contribution >= 4 is 23.2 Å². The molecule has 2 amide bonds. The van der Waals surface area contributed by atoms with Crippen LogP contribution in [0.1, 0.15) is 36.8 Å². The number of nitrogens with zero attached hydrogens (tertiary/aromatic N) is 2. The molecule has 1 aliphatic heterocycles. The zero-order valence-electron chi connectivity index (χ0n) is 16.2. The van der Waals surface area contributed by atoms with Crippen LogP contribution in [0, 0.1) is 5.82 Å². The zero-order chi connectivity index (χ0) is 20.1. The number of hydrogen-bond donors (Lipinski definition) is 0. The summed E-state index contributed by atoms with van der Waals surface area (Å²) in [6, 6.07) is 7.77. The predicted octanol–water partition coefficient (Wildman–Crippen LogP) is 3.65. The molecular formula is C21H25FN2O3S. The third-order valence-electron chi connectivity index (χ3n) is 4.88. The van der Waals surface area contributed by atoms with Gasteiger partial charge in [0.1, 0.15) is 18.2 Å². The van der Waals surface area contributed by atoms with Crippen molar-refractivity contribution in [3.05, 3.63) is 52.0 Å². The van der Waals surface area contributed by atoms with Crippen molar-refractivity contribution in [1.29, 1.82) is 0 Å². The Balaban J connectivity index is 1.76. The quantitative estimate of drug-likeness (QED) is 0.708. The number of hydrogen-bond acceptors (Lipinski definition) is 4. The van der Waals surface area contributed by atoms with E-state index in [1.165, 1.54) is 23.9 Å². The van der Waals surface area contributed by atoms with E-state index in [4.69, 9.17) is 4.74 Å². The van der Waals surface area contributed by atoms with Gasteiger partial charge < -0.3 is 14.5 Å². The van der Waals surface area contributed by atoms with Crippen LogP contribution >= 0.6 is 11.3 Å². The van der Waals surface area contributed by atoms with Gasteiger partial charge in [-0.2, -0.15) is 0 Å². The Hall–Kier alpha value is -2.41. The van der Waals surface area contributed by atoms with Crippen LogP contribution in [0.4, 0.5) is 4.39 Å². The molecular weight excluding hydrogens is 379 g/mol. The fraction of sp³-hybridized carbons (Fsp3) is 0.429. The summed E-state index contributed by atoms with van der Waals surface area (Å²) in [4.78, 5) is 29.5. The van der Waals surface area contributed by atoms with E-state index in [2.05, 4.69) is 0 Å². The van der Waals surface area contributed by atoms with E-state index in [9.17, 15) is 14.0 Å². The first-order chi connectivity index (χ1) is 13.5. The summed E-state index contributed by atoms with van der Waals surface area (Å²) in [7, 11) is 0. The van der Waals surface area contributed by atoms with Gasteiger partial charge in [-0.15, -0.1) is 11.3 Å². The van der Waals surface area contributed by atoms with Crippen LogP contribution in [0.25, 0.3) is 0 Å². The maximum atomic E-state index is 13.4. The van der Waals surface area contributed by atoms with E-state index in [0.29, 0.717) is 18.8 Å². The first-order valence-electron chi connectivity index (χ1n) is 9.49. The van der Waals surface area contributed by atoms with E-state index in [0.717, 1.165) is 18.4 Å². The van der Waals surface area contributed by atoms with Crippen LogP contribution in [-0.4, -0.2) is 47.9 Å². The van der Waals surface area contributed by atoms with Gasteiger partial charge in [0, 0.05) is 31.0 Å². The molecule has 1 unspecified atom stereocenters. The molecule has 150 valence electrons. The van der Waals surface area contributed by atoms with Crippen molar-refractivity contribution in [3.63, 3.8) is 0 Å². The van der Waals surface area contributed by atoms with E-state index in [1.54, 1.807) is 33.3 Å². The zero-order valence-corrected chi connectivity index (χ0v) is 17.0. The van der Waals surface area contributed by atoms with Crippen molar-refractivity contribution in [2.24, 2.45) is 0 Å². The molecule has 0 radical (unpaired) electrons. The molecule has 28 heavy (non-hydrogen) atoms. The minimum Gasteiger partial charge on any atom is -0.491 e. The minimum absolute atomic E-state index is 0.0686. The highest BCUT2D eigenvalue weighted by molar-refractivity contribution is 7.10. The Morgan fingerprint density at radius 3 is 2.89 bits per heavy atom. The maximum absolute atomic E-state index is 13.4.